The minimum Gasteiger partial charge on any atom is -0.459 e. The Hall–Kier alpha value is -1.95. The van der Waals surface area contributed by atoms with Crippen LogP contribution in [0.1, 0.15) is 19.8 Å². The van der Waals surface area contributed by atoms with E-state index in [0.717, 1.165) is 23.1 Å². The molecule has 0 fully saturated rings. The summed E-state index contributed by atoms with van der Waals surface area (Å²) in [4.78, 5) is 27.2. The van der Waals surface area contributed by atoms with E-state index < -0.39 is 11.9 Å². The molecule has 6 heteroatoms. The summed E-state index contributed by atoms with van der Waals surface area (Å²) in [5.41, 5.74) is 0.794. The van der Waals surface area contributed by atoms with Crippen molar-refractivity contribution in [2.45, 2.75) is 19.8 Å². The number of thiazole rings is 1. The highest BCUT2D eigenvalue weighted by Crippen LogP contribution is 2.25. The van der Waals surface area contributed by atoms with Gasteiger partial charge < -0.3 is 4.74 Å². The average molecular weight is 278 g/mol. The molecule has 0 bridgehead atoms. The molecule has 0 radical (unpaired) electrons. The first-order valence-electron chi connectivity index (χ1n) is 6.04. The summed E-state index contributed by atoms with van der Waals surface area (Å²) in [7, 11) is 0. The highest BCUT2D eigenvalue weighted by atomic mass is 32.1. The molecular weight excluding hydrogens is 264 g/mol. The van der Waals surface area contributed by atoms with Crippen LogP contribution in [0.5, 0.6) is 0 Å². The van der Waals surface area contributed by atoms with Crippen LogP contribution in [0.15, 0.2) is 24.3 Å². The molecule has 0 unspecified atom stereocenters. The number of nitrogens with one attached hydrogen (secondary N) is 1. The molecule has 19 heavy (non-hydrogen) atoms. The highest BCUT2D eigenvalue weighted by Gasteiger charge is 2.17. The Kier molecular flexibility index (Phi) is 4.46. The fourth-order valence-electron chi connectivity index (χ4n) is 1.45. The summed E-state index contributed by atoms with van der Waals surface area (Å²) in [5, 5.41) is 2.85. The van der Waals surface area contributed by atoms with Gasteiger partial charge in [0.1, 0.15) is 0 Å². The summed E-state index contributed by atoms with van der Waals surface area (Å²) >= 11 is 1.32. The number of rotatable bonds is 4. The summed E-state index contributed by atoms with van der Waals surface area (Å²) in [6, 6.07) is 7.51. The van der Waals surface area contributed by atoms with Crippen molar-refractivity contribution in [2.75, 3.05) is 11.9 Å². The summed E-state index contributed by atoms with van der Waals surface area (Å²) in [5.74, 6) is -1.65. The molecule has 100 valence electrons. The number of hydrogen-bond donors (Lipinski definition) is 1. The second kappa shape index (κ2) is 6.29. The molecule has 0 aliphatic carbocycles. The molecule has 1 amide bonds. The maximum Gasteiger partial charge on any atom is 0.397 e. The fraction of sp³-hybridized carbons (Fsp3) is 0.308. The molecule has 0 aliphatic rings. The van der Waals surface area contributed by atoms with E-state index in [1.54, 1.807) is 0 Å². The number of amides is 1. The van der Waals surface area contributed by atoms with Crippen LogP contribution in [0.4, 0.5) is 5.13 Å². The third-order valence-corrected chi connectivity index (χ3v) is 3.38. The van der Waals surface area contributed by atoms with Crippen LogP contribution < -0.4 is 5.32 Å². The van der Waals surface area contributed by atoms with Crippen molar-refractivity contribution in [3.63, 3.8) is 0 Å². The minimum atomic E-state index is -0.868. The molecular formula is C13H14N2O3S. The van der Waals surface area contributed by atoms with Crippen LogP contribution >= 0.6 is 11.3 Å². The summed E-state index contributed by atoms with van der Waals surface area (Å²) < 4.78 is 5.77. The van der Waals surface area contributed by atoms with Crippen LogP contribution in [0.3, 0.4) is 0 Å². The van der Waals surface area contributed by atoms with Crippen molar-refractivity contribution >= 4 is 38.6 Å². The number of aromatic nitrogens is 1. The predicted molar refractivity (Wildman–Crippen MR) is 74.1 cm³/mol. The molecule has 5 nitrogen and oxygen atoms in total. The smallest absolute Gasteiger partial charge is 0.397 e. The highest BCUT2D eigenvalue weighted by molar-refractivity contribution is 7.22. The van der Waals surface area contributed by atoms with Crippen LogP contribution in [0.25, 0.3) is 10.2 Å². The number of ether oxygens (including phenoxy) is 1. The van der Waals surface area contributed by atoms with Crippen LogP contribution in [-0.2, 0) is 14.3 Å². The zero-order valence-corrected chi connectivity index (χ0v) is 11.3. The van der Waals surface area contributed by atoms with Gasteiger partial charge in [-0.05, 0) is 18.6 Å². The first kappa shape index (κ1) is 13.5. The normalized spacial score (nSPS) is 10.4. The van der Waals surface area contributed by atoms with Gasteiger partial charge in [0.05, 0.1) is 16.8 Å². The topological polar surface area (TPSA) is 68.3 Å². The van der Waals surface area contributed by atoms with Gasteiger partial charge in [-0.3, -0.25) is 10.1 Å². The van der Waals surface area contributed by atoms with Gasteiger partial charge in [0.15, 0.2) is 5.13 Å². The number of unbranched alkanes of at least 4 members (excludes halogenated alkanes) is 1. The molecule has 0 atom stereocenters. The molecule has 0 saturated carbocycles. The number of hydrogen-bond acceptors (Lipinski definition) is 5. The molecule has 0 spiro atoms. The monoisotopic (exact) mass is 278 g/mol. The maximum atomic E-state index is 11.6. The van der Waals surface area contributed by atoms with Crippen molar-refractivity contribution in [3.05, 3.63) is 24.3 Å². The SMILES string of the molecule is CCCCOC(=O)C(=O)Nc1nc2ccccc2s1. The number of carbonyl (C=O) groups excluding carboxylic acids is 2. The lowest BCUT2D eigenvalue weighted by Crippen LogP contribution is -2.25. The molecule has 2 rings (SSSR count). The third kappa shape index (κ3) is 3.51. The van der Waals surface area contributed by atoms with Gasteiger partial charge in [0.25, 0.3) is 0 Å². The summed E-state index contributed by atoms with van der Waals surface area (Å²) in [6.07, 6.45) is 1.66. The molecule has 0 saturated heterocycles. The number of esters is 1. The van der Waals surface area contributed by atoms with Crippen LogP contribution in [0.2, 0.25) is 0 Å². The third-order valence-electron chi connectivity index (χ3n) is 2.43. The molecule has 1 N–H and O–H groups in total. The van der Waals surface area contributed by atoms with E-state index in [9.17, 15) is 9.59 Å². The van der Waals surface area contributed by atoms with Gasteiger partial charge in [-0.15, -0.1) is 0 Å². The predicted octanol–water partition coefficient (Wildman–Crippen LogP) is 2.58. The first-order valence-corrected chi connectivity index (χ1v) is 6.86. The van der Waals surface area contributed by atoms with E-state index in [0.29, 0.717) is 5.13 Å². The maximum absolute atomic E-state index is 11.6. The van der Waals surface area contributed by atoms with Gasteiger partial charge in [0, 0.05) is 0 Å². The Bertz CT molecular complexity index is 561. The van der Waals surface area contributed by atoms with E-state index in [-0.39, 0.29) is 6.61 Å². The van der Waals surface area contributed by atoms with Crippen molar-refractivity contribution in [1.82, 2.24) is 4.98 Å². The van der Waals surface area contributed by atoms with Gasteiger partial charge in [-0.25, -0.2) is 9.78 Å². The number of anilines is 1. The lowest BCUT2D eigenvalue weighted by Gasteiger charge is -2.02. The van der Waals surface area contributed by atoms with Crippen molar-refractivity contribution < 1.29 is 14.3 Å². The minimum absolute atomic E-state index is 0.266. The van der Waals surface area contributed by atoms with Crippen LogP contribution in [-0.4, -0.2) is 23.5 Å². The average Bonchev–Trinajstić information content (AvgIpc) is 2.80. The first-order chi connectivity index (χ1) is 9.20. The molecule has 2 aromatic rings. The number of carbonyl (C=O) groups is 2. The molecule has 1 heterocycles. The van der Waals surface area contributed by atoms with Gasteiger partial charge >= 0.3 is 11.9 Å². The molecule has 1 aromatic heterocycles. The Labute approximate surface area is 114 Å². The van der Waals surface area contributed by atoms with Gasteiger partial charge in [-0.2, -0.15) is 0 Å². The van der Waals surface area contributed by atoms with E-state index in [2.05, 4.69) is 10.3 Å². The van der Waals surface area contributed by atoms with Crippen molar-refractivity contribution in [3.8, 4) is 0 Å². The lowest BCUT2D eigenvalue weighted by atomic mass is 10.3. The zero-order valence-electron chi connectivity index (χ0n) is 10.5. The largest absolute Gasteiger partial charge is 0.459 e. The number of benzene rings is 1. The van der Waals surface area contributed by atoms with Crippen LogP contribution in [0, 0.1) is 0 Å². The number of nitrogens with zero attached hydrogens (tertiary/aromatic N) is 1. The van der Waals surface area contributed by atoms with E-state index >= 15 is 0 Å². The molecule has 1 aromatic carbocycles. The quantitative estimate of drug-likeness (QED) is 0.530. The van der Waals surface area contributed by atoms with Crippen molar-refractivity contribution in [1.29, 1.82) is 0 Å². The Morgan fingerprint density at radius 2 is 2.16 bits per heavy atom. The van der Waals surface area contributed by atoms with E-state index in [1.165, 1.54) is 11.3 Å². The second-order valence-corrected chi connectivity index (χ2v) is 4.96. The fourth-order valence-corrected chi connectivity index (χ4v) is 2.31. The number of para-hydroxylation sites is 1. The van der Waals surface area contributed by atoms with Gasteiger partial charge in [0.2, 0.25) is 0 Å². The molecule has 0 aliphatic heterocycles. The lowest BCUT2D eigenvalue weighted by molar-refractivity contribution is -0.152. The Morgan fingerprint density at radius 3 is 2.89 bits per heavy atom. The Balaban J connectivity index is 1.96. The van der Waals surface area contributed by atoms with Crippen molar-refractivity contribution in [2.24, 2.45) is 0 Å². The zero-order chi connectivity index (χ0) is 13.7. The number of fused-ring (bicyclic) bond motifs is 1. The van der Waals surface area contributed by atoms with E-state index in [1.807, 2.05) is 31.2 Å². The standard InChI is InChI=1S/C13H14N2O3S/c1-2-3-8-18-12(17)11(16)15-13-14-9-6-4-5-7-10(9)19-13/h4-7H,2-3,8H2,1H3,(H,14,15,16). The Morgan fingerprint density at radius 1 is 1.37 bits per heavy atom. The van der Waals surface area contributed by atoms with Gasteiger partial charge in [-0.1, -0.05) is 36.8 Å². The second-order valence-electron chi connectivity index (χ2n) is 3.93. The summed E-state index contributed by atoms with van der Waals surface area (Å²) in [6.45, 7) is 2.25. The van der Waals surface area contributed by atoms with E-state index in [4.69, 9.17) is 4.74 Å².